The number of hydrogen-bond acceptors (Lipinski definition) is 3. The second-order valence-electron chi connectivity index (χ2n) is 5.22. The molecule has 0 aromatic heterocycles. The first-order valence-corrected chi connectivity index (χ1v) is 7.09. The number of methoxy groups -OCH3 is 1. The monoisotopic (exact) mass is 281 g/mol. The molecule has 0 aliphatic heterocycles. The van der Waals surface area contributed by atoms with Crippen molar-refractivity contribution in [2.24, 2.45) is 11.1 Å². The third kappa shape index (κ3) is 2.77. The van der Waals surface area contributed by atoms with Crippen LogP contribution in [0.25, 0.3) is 0 Å². The van der Waals surface area contributed by atoms with Crippen molar-refractivity contribution >= 4 is 17.4 Å². The maximum atomic E-state index is 12.9. The van der Waals surface area contributed by atoms with Crippen molar-refractivity contribution in [2.45, 2.75) is 32.1 Å². The molecule has 0 amide bonds. The largest absolute Gasteiger partial charge is 0.496 e. The van der Waals surface area contributed by atoms with Gasteiger partial charge in [-0.2, -0.15) is 0 Å². The Bertz CT molecular complexity index is 467. The number of nitrogens with two attached hydrogens (primary N) is 1. The molecule has 1 aliphatic rings. The number of benzene rings is 1. The summed E-state index contributed by atoms with van der Waals surface area (Å²) in [5, 5.41) is 0.548. The van der Waals surface area contributed by atoms with Crippen LogP contribution < -0.4 is 10.5 Å². The fourth-order valence-electron chi connectivity index (χ4n) is 2.90. The third-order valence-electron chi connectivity index (χ3n) is 4.09. The van der Waals surface area contributed by atoms with Crippen LogP contribution in [0.4, 0.5) is 0 Å². The van der Waals surface area contributed by atoms with Crippen LogP contribution in [0.3, 0.4) is 0 Å². The highest BCUT2D eigenvalue weighted by atomic mass is 35.5. The maximum absolute atomic E-state index is 12.9. The lowest BCUT2D eigenvalue weighted by molar-refractivity contribution is 0.0726. The molecule has 19 heavy (non-hydrogen) atoms. The Balaban J connectivity index is 2.39. The molecule has 1 fully saturated rings. The lowest BCUT2D eigenvalue weighted by atomic mass is 9.69. The van der Waals surface area contributed by atoms with Gasteiger partial charge >= 0.3 is 0 Å². The normalized spacial score (nSPS) is 18.1. The van der Waals surface area contributed by atoms with E-state index in [-0.39, 0.29) is 5.78 Å². The average Bonchev–Trinajstić information content (AvgIpc) is 2.47. The summed E-state index contributed by atoms with van der Waals surface area (Å²) >= 11 is 6.01. The van der Waals surface area contributed by atoms with E-state index in [2.05, 4.69) is 0 Å². The number of hydrogen-bond donors (Lipinski definition) is 1. The Morgan fingerprint density at radius 1 is 1.37 bits per heavy atom. The number of carbonyl (C=O) groups excluding carboxylic acids is 1. The fourth-order valence-corrected chi connectivity index (χ4v) is 3.07. The molecule has 1 aromatic rings. The molecule has 4 heteroatoms. The number of carbonyl (C=O) groups is 1. The minimum Gasteiger partial charge on any atom is -0.496 e. The molecule has 0 saturated heterocycles. The lowest BCUT2D eigenvalue weighted by Crippen LogP contribution is -2.40. The minimum atomic E-state index is -0.434. The summed E-state index contributed by atoms with van der Waals surface area (Å²) in [6.07, 6.45) is 5.02. The average molecular weight is 282 g/mol. The van der Waals surface area contributed by atoms with E-state index in [1.54, 1.807) is 25.3 Å². The Kier molecular flexibility index (Phi) is 4.48. The van der Waals surface area contributed by atoms with Crippen molar-refractivity contribution in [3.8, 4) is 5.75 Å². The van der Waals surface area contributed by atoms with Crippen LogP contribution in [0.5, 0.6) is 5.75 Å². The highest BCUT2D eigenvalue weighted by molar-refractivity contribution is 6.31. The zero-order chi connectivity index (χ0) is 13.9. The number of halogens is 1. The van der Waals surface area contributed by atoms with Gasteiger partial charge in [0, 0.05) is 17.0 Å². The Morgan fingerprint density at radius 2 is 2.05 bits per heavy atom. The third-order valence-corrected chi connectivity index (χ3v) is 4.32. The SMILES string of the molecule is COc1ccc(Cl)cc1C(=O)C1(CN)CCCCC1. The molecule has 1 saturated carbocycles. The van der Waals surface area contributed by atoms with Gasteiger partial charge in [0.15, 0.2) is 5.78 Å². The van der Waals surface area contributed by atoms with Gasteiger partial charge < -0.3 is 10.5 Å². The molecule has 0 spiro atoms. The highest BCUT2D eigenvalue weighted by Crippen LogP contribution is 2.40. The molecule has 1 aromatic carbocycles. The maximum Gasteiger partial charge on any atom is 0.174 e. The number of Topliss-reactive ketones (excluding diaryl/α,β-unsaturated/α-hetero) is 1. The van der Waals surface area contributed by atoms with Gasteiger partial charge in [-0.05, 0) is 31.0 Å². The van der Waals surface area contributed by atoms with Crippen LogP contribution in [0.2, 0.25) is 5.02 Å². The first kappa shape index (κ1) is 14.4. The minimum absolute atomic E-state index is 0.0778. The number of ketones is 1. The molecule has 0 heterocycles. The van der Waals surface area contributed by atoms with Gasteiger partial charge in [0.1, 0.15) is 5.75 Å². The summed E-state index contributed by atoms with van der Waals surface area (Å²) in [5.74, 6) is 0.654. The summed E-state index contributed by atoms with van der Waals surface area (Å²) in [5.41, 5.74) is 6.03. The second-order valence-corrected chi connectivity index (χ2v) is 5.66. The predicted octanol–water partition coefficient (Wildman–Crippen LogP) is 3.44. The van der Waals surface area contributed by atoms with Gasteiger partial charge in [-0.1, -0.05) is 30.9 Å². The molecule has 1 aliphatic carbocycles. The number of ether oxygens (including phenoxy) is 1. The molecule has 2 rings (SSSR count). The van der Waals surface area contributed by atoms with Crippen LogP contribution >= 0.6 is 11.6 Å². The summed E-state index contributed by atoms with van der Waals surface area (Å²) in [7, 11) is 1.57. The van der Waals surface area contributed by atoms with Gasteiger partial charge in [0.2, 0.25) is 0 Å². The van der Waals surface area contributed by atoms with E-state index in [0.717, 1.165) is 25.7 Å². The molecule has 0 atom stereocenters. The first-order chi connectivity index (χ1) is 9.13. The Labute approximate surface area is 119 Å². The lowest BCUT2D eigenvalue weighted by Gasteiger charge is -2.35. The fraction of sp³-hybridized carbons (Fsp3) is 0.533. The van der Waals surface area contributed by atoms with Crippen molar-refractivity contribution < 1.29 is 9.53 Å². The molecule has 0 radical (unpaired) electrons. The molecular formula is C15H20ClNO2. The molecular weight excluding hydrogens is 262 g/mol. The van der Waals surface area contributed by atoms with E-state index in [1.807, 2.05) is 0 Å². The van der Waals surface area contributed by atoms with Crippen molar-refractivity contribution in [3.63, 3.8) is 0 Å². The highest BCUT2D eigenvalue weighted by Gasteiger charge is 2.39. The molecule has 0 unspecified atom stereocenters. The van der Waals surface area contributed by atoms with Crippen molar-refractivity contribution in [1.29, 1.82) is 0 Å². The van der Waals surface area contributed by atoms with Gasteiger partial charge in [0.05, 0.1) is 12.7 Å². The summed E-state index contributed by atoms with van der Waals surface area (Å²) in [6, 6.07) is 5.16. The smallest absolute Gasteiger partial charge is 0.174 e. The van der Waals surface area contributed by atoms with Gasteiger partial charge in [-0.25, -0.2) is 0 Å². The summed E-state index contributed by atoms with van der Waals surface area (Å²) < 4.78 is 5.28. The van der Waals surface area contributed by atoms with Crippen molar-refractivity contribution in [1.82, 2.24) is 0 Å². The number of rotatable bonds is 4. The van der Waals surface area contributed by atoms with Gasteiger partial charge in [-0.15, -0.1) is 0 Å². The van der Waals surface area contributed by atoms with E-state index >= 15 is 0 Å². The Morgan fingerprint density at radius 3 is 2.63 bits per heavy atom. The van der Waals surface area contributed by atoms with Gasteiger partial charge in [-0.3, -0.25) is 4.79 Å². The van der Waals surface area contributed by atoms with Crippen LogP contribution in [-0.4, -0.2) is 19.4 Å². The van der Waals surface area contributed by atoms with Crippen molar-refractivity contribution in [3.05, 3.63) is 28.8 Å². The van der Waals surface area contributed by atoms with Crippen LogP contribution in [0, 0.1) is 5.41 Å². The molecule has 3 nitrogen and oxygen atoms in total. The standard InChI is InChI=1S/C15H20ClNO2/c1-19-13-6-5-11(16)9-12(13)14(18)15(10-17)7-3-2-4-8-15/h5-6,9H,2-4,7-8,10,17H2,1H3. The topological polar surface area (TPSA) is 52.3 Å². The first-order valence-electron chi connectivity index (χ1n) is 6.71. The quantitative estimate of drug-likeness (QED) is 0.860. The van der Waals surface area contributed by atoms with Crippen molar-refractivity contribution in [2.75, 3.05) is 13.7 Å². The summed E-state index contributed by atoms with van der Waals surface area (Å²) in [4.78, 5) is 12.9. The zero-order valence-corrected chi connectivity index (χ0v) is 12.0. The van der Waals surface area contributed by atoms with E-state index < -0.39 is 5.41 Å². The second kappa shape index (κ2) is 5.93. The van der Waals surface area contributed by atoms with Crippen LogP contribution in [0.1, 0.15) is 42.5 Å². The van der Waals surface area contributed by atoms with Gasteiger partial charge in [0.25, 0.3) is 0 Å². The van der Waals surface area contributed by atoms with E-state index in [4.69, 9.17) is 22.1 Å². The van der Waals surface area contributed by atoms with Crippen LogP contribution in [0.15, 0.2) is 18.2 Å². The predicted molar refractivity (Wildman–Crippen MR) is 76.9 cm³/mol. The Hall–Kier alpha value is -1.06. The molecule has 2 N–H and O–H groups in total. The van der Waals surface area contributed by atoms with E-state index in [9.17, 15) is 4.79 Å². The van der Waals surface area contributed by atoms with E-state index in [1.165, 1.54) is 6.42 Å². The molecule has 0 bridgehead atoms. The van der Waals surface area contributed by atoms with Crippen LogP contribution in [-0.2, 0) is 0 Å². The zero-order valence-electron chi connectivity index (χ0n) is 11.2. The molecule has 104 valence electrons. The van der Waals surface area contributed by atoms with E-state index in [0.29, 0.717) is 22.9 Å². The summed E-state index contributed by atoms with van der Waals surface area (Å²) in [6.45, 7) is 0.390.